The van der Waals surface area contributed by atoms with Crippen molar-refractivity contribution in [2.75, 3.05) is 0 Å². The van der Waals surface area contributed by atoms with Gasteiger partial charge in [0.15, 0.2) is 17.5 Å². The Bertz CT molecular complexity index is 2600. The monoisotopic (exact) mass is 639 g/mol. The summed E-state index contributed by atoms with van der Waals surface area (Å²) in [4.78, 5) is 24.0. The molecule has 0 fully saturated rings. The third-order valence-corrected chi connectivity index (χ3v) is 9.04. The van der Waals surface area contributed by atoms with Gasteiger partial charge in [0.05, 0.1) is 11.4 Å². The molecule has 0 amide bonds. The van der Waals surface area contributed by atoms with Crippen molar-refractivity contribution < 1.29 is 0 Å². The SMILES string of the molecule is c1ccc(-c2ccc(-c3nc(-c4ccccc4)nc(-c4ccc5c(ccc6cc(-c7ccc(-c8ccccn8)nc7)ccc65)c4)n3)cc2)cc1. The van der Waals surface area contributed by atoms with Gasteiger partial charge in [0.25, 0.3) is 0 Å². The fourth-order valence-electron chi connectivity index (χ4n) is 6.41. The Balaban J connectivity index is 1.07. The van der Waals surface area contributed by atoms with Crippen LogP contribution in [0.1, 0.15) is 0 Å². The number of fused-ring (bicyclic) bond motifs is 3. The summed E-state index contributed by atoms with van der Waals surface area (Å²) in [6.45, 7) is 0. The van der Waals surface area contributed by atoms with Crippen molar-refractivity contribution >= 4 is 21.5 Å². The lowest BCUT2D eigenvalue weighted by Gasteiger charge is -2.11. The van der Waals surface area contributed by atoms with Gasteiger partial charge in [-0.05, 0) is 68.6 Å². The smallest absolute Gasteiger partial charge is 0.164 e. The summed E-state index contributed by atoms with van der Waals surface area (Å²) in [5.74, 6) is 1.92. The highest BCUT2D eigenvalue weighted by atomic mass is 15.0. The number of hydrogen-bond acceptors (Lipinski definition) is 5. The third-order valence-electron chi connectivity index (χ3n) is 9.04. The Kier molecular flexibility index (Phi) is 7.41. The van der Waals surface area contributed by atoms with E-state index < -0.39 is 0 Å². The standard InChI is InChI=1S/C45H29N5/c1-3-9-30(10-4-1)31-14-16-33(17-15-31)44-48-43(32-11-5-2-6-12-32)49-45(50-44)37-21-24-40-36(28-37)19-18-35-27-34(20-23-39(35)40)38-22-25-42(47-29-38)41-13-7-8-26-46-41/h1-29H. The molecule has 234 valence electrons. The third kappa shape index (κ3) is 5.67. The molecule has 9 rings (SSSR count). The Morgan fingerprint density at radius 1 is 0.300 bits per heavy atom. The fraction of sp³-hybridized carbons (Fsp3) is 0. The molecule has 3 heterocycles. The first-order valence-corrected chi connectivity index (χ1v) is 16.6. The molecule has 5 heteroatoms. The van der Waals surface area contributed by atoms with Crippen molar-refractivity contribution in [3.05, 3.63) is 176 Å². The first kappa shape index (κ1) is 29.3. The maximum atomic E-state index is 5.01. The van der Waals surface area contributed by atoms with Crippen molar-refractivity contribution in [2.45, 2.75) is 0 Å². The van der Waals surface area contributed by atoms with E-state index in [0.717, 1.165) is 50.2 Å². The second-order valence-electron chi connectivity index (χ2n) is 12.2. The van der Waals surface area contributed by atoms with Gasteiger partial charge < -0.3 is 0 Å². The highest BCUT2D eigenvalue weighted by Crippen LogP contribution is 2.33. The quantitative estimate of drug-likeness (QED) is 0.169. The predicted octanol–water partition coefficient (Wildman–Crippen LogP) is 11.0. The van der Waals surface area contributed by atoms with Crippen molar-refractivity contribution in [1.29, 1.82) is 0 Å². The van der Waals surface area contributed by atoms with Crippen LogP contribution in [0.4, 0.5) is 0 Å². The molecule has 0 N–H and O–H groups in total. The summed E-state index contributed by atoms with van der Waals surface area (Å²) in [6.07, 6.45) is 3.71. The Morgan fingerprint density at radius 3 is 1.40 bits per heavy atom. The molecule has 50 heavy (non-hydrogen) atoms. The van der Waals surface area contributed by atoms with Crippen LogP contribution in [0.5, 0.6) is 0 Å². The number of hydrogen-bond donors (Lipinski definition) is 0. The summed E-state index contributed by atoms with van der Waals surface area (Å²) >= 11 is 0. The highest BCUT2D eigenvalue weighted by molar-refractivity contribution is 6.09. The first-order valence-electron chi connectivity index (χ1n) is 16.6. The minimum atomic E-state index is 0.639. The van der Waals surface area contributed by atoms with Crippen molar-refractivity contribution in [3.63, 3.8) is 0 Å². The highest BCUT2D eigenvalue weighted by Gasteiger charge is 2.14. The molecule has 0 saturated heterocycles. The Morgan fingerprint density at radius 2 is 0.780 bits per heavy atom. The molecule has 6 aromatic carbocycles. The lowest BCUT2D eigenvalue weighted by Crippen LogP contribution is -2.00. The molecular formula is C45H29N5. The molecule has 0 atom stereocenters. The molecule has 0 radical (unpaired) electrons. The first-order chi connectivity index (χ1) is 24.7. The topological polar surface area (TPSA) is 64.5 Å². The van der Waals surface area contributed by atoms with Gasteiger partial charge in [0, 0.05) is 34.6 Å². The summed E-state index contributed by atoms with van der Waals surface area (Å²) < 4.78 is 0. The largest absolute Gasteiger partial charge is 0.255 e. The van der Waals surface area contributed by atoms with Crippen molar-refractivity contribution in [1.82, 2.24) is 24.9 Å². The Hall–Kier alpha value is -6.85. The van der Waals surface area contributed by atoms with E-state index in [1.54, 1.807) is 6.20 Å². The summed E-state index contributed by atoms with van der Waals surface area (Å²) in [7, 11) is 0. The molecule has 0 spiro atoms. The lowest BCUT2D eigenvalue weighted by molar-refractivity contribution is 1.07. The second-order valence-corrected chi connectivity index (χ2v) is 12.2. The second kappa shape index (κ2) is 12.6. The maximum Gasteiger partial charge on any atom is 0.164 e. The number of nitrogens with zero attached hydrogens (tertiary/aromatic N) is 5. The van der Waals surface area contributed by atoms with Crippen LogP contribution in [0.3, 0.4) is 0 Å². The van der Waals surface area contributed by atoms with Gasteiger partial charge in [-0.25, -0.2) is 15.0 Å². The normalized spacial score (nSPS) is 11.2. The van der Waals surface area contributed by atoms with Crippen LogP contribution in [0.25, 0.3) is 89.4 Å². The number of rotatable bonds is 6. The minimum Gasteiger partial charge on any atom is -0.255 e. The number of aromatic nitrogens is 5. The van der Waals surface area contributed by atoms with Gasteiger partial charge in [-0.1, -0.05) is 133 Å². The minimum absolute atomic E-state index is 0.639. The molecule has 0 bridgehead atoms. The van der Waals surface area contributed by atoms with Crippen LogP contribution < -0.4 is 0 Å². The summed E-state index contributed by atoms with van der Waals surface area (Å²) in [6, 6.07) is 56.3. The molecule has 9 aromatic rings. The van der Waals surface area contributed by atoms with Gasteiger partial charge >= 0.3 is 0 Å². The van der Waals surface area contributed by atoms with Crippen LogP contribution in [0.15, 0.2) is 176 Å². The zero-order chi connectivity index (χ0) is 33.3. The van der Waals surface area contributed by atoms with Gasteiger partial charge in [-0.3, -0.25) is 9.97 Å². The van der Waals surface area contributed by atoms with Crippen molar-refractivity contribution in [2.24, 2.45) is 0 Å². The van der Waals surface area contributed by atoms with Gasteiger partial charge in [0.1, 0.15) is 0 Å². The zero-order valence-electron chi connectivity index (χ0n) is 27.0. The van der Waals surface area contributed by atoms with Crippen LogP contribution >= 0.6 is 0 Å². The Labute approximate surface area is 289 Å². The molecule has 0 aliphatic rings. The summed E-state index contributed by atoms with van der Waals surface area (Å²) in [5, 5.41) is 4.66. The van der Waals surface area contributed by atoms with E-state index in [-0.39, 0.29) is 0 Å². The summed E-state index contributed by atoms with van der Waals surface area (Å²) in [5.41, 5.74) is 9.06. The van der Waals surface area contributed by atoms with E-state index in [1.165, 1.54) is 21.7 Å². The molecule has 0 aliphatic heterocycles. The van der Waals surface area contributed by atoms with Crippen LogP contribution in [0, 0.1) is 0 Å². The zero-order valence-corrected chi connectivity index (χ0v) is 27.0. The van der Waals surface area contributed by atoms with E-state index in [2.05, 4.69) is 113 Å². The van der Waals surface area contributed by atoms with E-state index in [0.29, 0.717) is 17.5 Å². The van der Waals surface area contributed by atoms with Gasteiger partial charge in [-0.2, -0.15) is 0 Å². The average molecular weight is 640 g/mol. The molecule has 5 nitrogen and oxygen atoms in total. The van der Waals surface area contributed by atoms with Crippen LogP contribution in [0.2, 0.25) is 0 Å². The van der Waals surface area contributed by atoms with Gasteiger partial charge in [0.2, 0.25) is 0 Å². The molecule has 0 unspecified atom stereocenters. The van der Waals surface area contributed by atoms with E-state index >= 15 is 0 Å². The molecule has 0 saturated carbocycles. The number of benzene rings is 6. The average Bonchev–Trinajstić information content (AvgIpc) is 3.21. The van der Waals surface area contributed by atoms with E-state index in [1.807, 2.05) is 66.9 Å². The molecule has 0 aliphatic carbocycles. The van der Waals surface area contributed by atoms with Gasteiger partial charge in [-0.15, -0.1) is 0 Å². The lowest BCUT2D eigenvalue weighted by atomic mass is 9.97. The fourth-order valence-corrected chi connectivity index (χ4v) is 6.41. The van der Waals surface area contributed by atoms with E-state index in [9.17, 15) is 0 Å². The molecule has 3 aromatic heterocycles. The molecular weight excluding hydrogens is 611 g/mol. The predicted molar refractivity (Wildman–Crippen MR) is 203 cm³/mol. The van der Waals surface area contributed by atoms with E-state index in [4.69, 9.17) is 15.0 Å². The van der Waals surface area contributed by atoms with Crippen molar-refractivity contribution in [3.8, 4) is 67.8 Å². The van der Waals surface area contributed by atoms with Crippen LogP contribution in [-0.2, 0) is 0 Å². The van der Waals surface area contributed by atoms with Crippen LogP contribution in [-0.4, -0.2) is 24.9 Å². The number of pyridine rings is 2. The maximum absolute atomic E-state index is 5.01.